The molecule has 1 N–H and O–H groups in total. The summed E-state index contributed by atoms with van der Waals surface area (Å²) in [5.41, 5.74) is 0.748. The molecular weight excluding hydrogens is 242 g/mol. The molecule has 0 bridgehead atoms. The van der Waals surface area contributed by atoms with Gasteiger partial charge in [-0.1, -0.05) is 0 Å². The average Bonchev–Trinajstić information content (AvgIpc) is 2.40. The molecule has 5 heteroatoms. The van der Waals surface area contributed by atoms with Crippen LogP contribution in [0.15, 0.2) is 24.5 Å². The first-order valence-corrected chi connectivity index (χ1v) is 6.69. The lowest BCUT2D eigenvalue weighted by Crippen LogP contribution is -2.41. The van der Waals surface area contributed by atoms with Crippen LogP contribution >= 0.6 is 0 Å². The Morgan fingerprint density at radius 3 is 3.26 bits per heavy atom. The third kappa shape index (κ3) is 4.61. The Labute approximate surface area is 114 Å². The summed E-state index contributed by atoms with van der Waals surface area (Å²) in [5.74, 6) is 0.566. The molecule has 104 valence electrons. The molecule has 1 saturated heterocycles. The summed E-state index contributed by atoms with van der Waals surface area (Å²) in [6.07, 6.45) is 5.67. The van der Waals surface area contributed by atoms with Gasteiger partial charge in [0, 0.05) is 19.9 Å². The molecule has 0 saturated carbocycles. The molecule has 0 spiro atoms. The first-order chi connectivity index (χ1) is 9.28. The lowest BCUT2D eigenvalue weighted by molar-refractivity contribution is -0.117. The molecular formula is C14H21N3O2. The Morgan fingerprint density at radius 1 is 1.63 bits per heavy atom. The summed E-state index contributed by atoms with van der Waals surface area (Å²) in [5, 5.41) is 2.86. The van der Waals surface area contributed by atoms with Gasteiger partial charge in [-0.05, 0) is 37.4 Å². The van der Waals surface area contributed by atoms with E-state index in [2.05, 4.69) is 15.2 Å². The molecule has 1 atom stereocenters. The van der Waals surface area contributed by atoms with Crippen LogP contribution in [0, 0.1) is 5.92 Å². The minimum absolute atomic E-state index is 0.0195. The first kappa shape index (κ1) is 14.0. The van der Waals surface area contributed by atoms with E-state index in [0.717, 1.165) is 31.8 Å². The van der Waals surface area contributed by atoms with Gasteiger partial charge in [0.05, 0.1) is 25.0 Å². The second kappa shape index (κ2) is 7.21. The van der Waals surface area contributed by atoms with Crippen LogP contribution < -0.4 is 5.32 Å². The standard InChI is InChI=1S/C14H21N3O2/c1-19-11-12-4-3-7-17(9-12)10-14(18)16-13-5-2-6-15-8-13/h2,5-6,8,12H,3-4,7,9-11H2,1H3,(H,16,18). The number of anilines is 1. The lowest BCUT2D eigenvalue weighted by atomic mass is 9.99. The second-order valence-corrected chi connectivity index (χ2v) is 4.99. The van der Waals surface area contributed by atoms with Gasteiger partial charge in [-0.2, -0.15) is 0 Å². The number of piperidine rings is 1. The van der Waals surface area contributed by atoms with E-state index in [1.807, 2.05) is 12.1 Å². The minimum Gasteiger partial charge on any atom is -0.384 e. The first-order valence-electron chi connectivity index (χ1n) is 6.69. The van der Waals surface area contributed by atoms with Crippen molar-refractivity contribution in [3.05, 3.63) is 24.5 Å². The van der Waals surface area contributed by atoms with Crippen molar-refractivity contribution in [1.29, 1.82) is 0 Å². The minimum atomic E-state index is 0.0195. The van der Waals surface area contributed by atoms with Crippen molar-refractivity contribution in [2.24, 2.45) is 5.92 Å². The van der Waals surface area contributed by atoms with E-state index in [0.29, 0.717) is 12.5 Å². The van der Waals surface area contributed by atoms with Gasteiger partial charge < -0.3 is 10.1 Å². The molecule has 1 unspecified atom stereocenters. The number of aromatic nitrogens is 1. The van der Waals surface area contributed by atoms with Gasteiger partial charge in [0.25, 0.3) is 0 Å². The van der Waals surface area contributed by atoms with E-state index in [1.165, 1.54) is 6.42 Å². The second-order valence-electron chi connectivity index (χ2n) is 4.99. The van der Waals surface area contributed by atoms with Crippen molar-refractivity contribution < 1.29 is 9.53 Å². The highest BCUT2D eigenvalue weighted by Crippen LogP contribution is 2.16. The number of carbonyl (C=O) groups is 1. The van der Waals surface area contributed by atoms with Gasteiger partial charge >= 0.3 is 0 Å². The van der Waals surface area contributed by atoms with Crippen LogP contribution in [-0.4, -0.2) is 49.1 Å². The zero-order valence-electron chi connectivity index (χ0n) is 11.3. The fourth-order valence-electron chi connectivity index (χ4n) is 2.51. The molecule has 0 aliphatic carbocycles. The summed E-state index contributed by atoms with van der Waals surface area (Å²) < 4.78 is 5.19. The van der Waals surface area contributed by atoms with E-state index in [9.17, 15) is 4.79 Å². The van der Waals surface area contributed by atoms with Gasteiger partial charge in [-0.15, -0.1) is 0 Å². The average molecular weight is 263 g/mol. The van der Waals surface area contributed by atoms with Gasteiger partial charge in [0.15, 0.2) is 0 Å². The molecule has 1 aromatic rings. The number of pyridine rings is 1. The molecule has 1 aliphatic rings. The predicted octanol–water partition coefficient (Wildman–Crippen LogP) is 1.38. The van der Waals surface area contributed by atoms with E-state index >= 15 is 0 Å². The zero-order valence-corrected chi connectivity index (χ0v) is 11.3. The summed E-state index contributed by atoms with van der Waals surface area (Å²) in [7, 11) is 1.73. The largest absolute Gasteiger partial charge is 0.384 e. The van der Waals surface area contributed by atoms with Crippen molar-refractivity contribution in [2.45, 2.75) is 12.8 Å². The smallest absolute Gasteiger partial charge is 0.238 e. The maximum Gasteiger partial charge on any atom is 0.238 e. The number of carbonyl (C=O) groups excluding carboxylic acids is 1. The molecule has 2 rings (SSSR count). The number of hydrogen-bond donors (Lipinski definition) is 1. The molecule has 0 radical (unpaired) electrons. The Balaban J connectivity index is 1.78. The Morgan fingerprint density at radius 2 is 2.53 bits per heavy atom. The van der Waals surface area contributed by atoms with E-state index < -0.39 is 0 Å². The lowest BCUT2D eigenvalue weighted by Gasteiger charge is -2.31. The fraction of sp³-hybridized carbons (Fsp3) is 0.571. The van der Waals surface area contributed by atoms with E-state index in [4.69, 9.17) is 4.74 Å². The highest BCUT2D eigenvalue weighted by Gasteiger charge is 2.21. The maximum absolute atomic E-state index is 11.9. The molecule has 1 aromatic heterocycles. The number of hydrogen-bond acceptors (Lipinski definition) is 4. The van der Waals surface area contributed by atoms with Gasteiger partial charge in [-0.3, -0.25) is 14.7 Å². The number of amides is 1. The molecule has 1 amide bonds. The molecule has 5 nitrogen and oxygen atoms in total. The molecule has 1 aliphatic heterocycles. The number of ether oxygens (including phenoxy) is 1. The van der Waals surface area contributed by atoms with Gasteiger partial charge in [-0.25, -0.2) is 0 Å². The van der Waals surface area contributed by atoms with Crippen LogP contribution in [0.25, 0.3) is 0 Å². The van der Waals surface area contributed by atoms with E-state index in [-0.39, 0.29) is 5.91 Å². The summed E-state index contributed by atoms with van der Waals surface area (Å²) in [6, 6.07) is 3.65. The highest BCUT2D eigenvalue weighted by atomic mass is 16.5. The fourth-order valence-corrected chi connectivity index (χ4v) is 2.51. The number of nitrogens with one attached hydrogen (secondary N) is 1. The molecule has 1 fully saturated rings. The Bertz CT molecular complexity index is 395. The molecule has 0 aromatic carbocycles. The normalized spacial score (nSPS) is 20.2. The predicted molar refractivity (Wildman–Crippen MR) is 73.9 cm³/mol. The summed E-state index contributed by atoms with van der Waals surface area (Å²) >= 11 is 0. The number of nitrogens with zero attached hydrogens (tertiary/aromatic N) is 2. The zero-order chi connectivity index (χ0) is 13.5. The maximum atomic E-state index is 11.9. The summed E-state index contributed by atoms with van der Waals surface area (Å²) in [6.45, 7) is 3.14. The van der Waals surface area contributed by atoms with Crippen LogP contribution in [0.5, 0.6) is 0 Å². The summed E-state index contributed by atoms with van der Waals surface area (Å²) in [4.78, 5) is 18.1. The van der Waals surface area contributed by atoms with Crippen LogP contribution in [0.3, 0.4) is 0 Å². The van der Waals surface area contributed by atoms with Gasteiger partial charge in [0.2, 0.25) is 5.91 Å². The molecule has 2 heterocycles. The quantitative estimate of drug-likeness (QED) is 0.872. The SMILES string of the molecule is COCC1CCCN(CC(=O)Nc2cccnc2)C1. The van der Waals surface area contributed by atoms with Crippen molar-refractivity contribution in [1.82, 2.24) is 9.88 Å². The van der Waals surface area contributed by atoms with Crippen molar-refractivity contribution in [3.8, 4) is 0 Å². The Hall–Kier alpha value is -1.46. The van der Waals surface area contributed by atoms with Crippen molar-refractivity contribution >= 4 is 11.6 Å². The topological polar surface area (TPSA) is 54.5 Å². The van der Waals surface area contributed by atoms with Crippen LogP contribution in [0.1, 0.15) is 12.8 Å². The number of likely N-dealkylation sites (tertiary alicyclic amines) is 1. The van der Waals surface area contributed by atoms with E-state index in [1.54, 1.807) is 19.5 Å². The van der Waals surface area contributed by atoms with Crippen molar-refractivity contribution in [2.75, 3.05) is 38.7 Å². The monoisotopic (exact) mass is 263 g/mol. The third-order valence-electron chi connectivity index (χ3n) is 3.32. The Kier molecular flexibility index (Phi) is 5.30. The van der Waals surface area contributed by atoms with Crippen LogP contribution in [0.2, 0.25) is 0 Å². The number of methoxy groups -OCH3 is 1. The van der Waals surface area contributed by atoms with Crippen molar-refractivity contribution in [3.63, 3.8) is 0 Å². The van der Waals surface area contributed by atoms with Gasteiger partial charge in [0.1, 0.15) is 0 Å². The highest BCUT2D eigenvalue weighted by molar-refractivity contribution is 5.92. The number of rotatable bonds is 5. The van der Waals surface area contributed by atoms with Crippen LogP contribution in [-0.2, 0) is 9.53 Å². The third-order valence-corrected chi connectivity index (χ3v) is 3.32. The molecule has 19 heavy (non-hydrogen) atoms. The van der Waals surface area contributed by atoms with Crippen LogP contribution in [0.4, 0.5) is 5.69 Å².